The molecule has 0 N–H and O–H groups in total. The maximum absolute atomic E-state index is 12.9. The van der Waals surface area contributed by atoms with Gasteiger partial charge >= 0.3 is 11.9 Å². The first-order valence-corrected chi connectivity index (χ1v) is 36.1. The highest BCUT2D eigenvalue weighted by Gasteiger charge is 2.22. The molecule has 0 aromatic rings. The van der Waals surface area contributed by atoms with Crippen LogP contribution in [0, 0.1) is 0 Å². The van der Waals surface area contributed by atoms with E-state index in [-0.39, 0.29) is 32.2 Å². The van der Waals surface area contributed by atoms with Gasteiger partial charge in [-0.15, -0.1) is 0 Å². The number of unbranched alkanes of at least 4 members (excludes halogenated alkanes) is 40. The zero-order valence-electron chi connectivity index (χ0n) is 56.5. The summed E-state index contributed by atoms with van der Waals surface area (Å²) in [6.45, 7) is 4.77. The van der Waals surface area contributed by atoms with E-state index in [1.165, 1.54) is 244 Å². The Kier molecular flexibility index (Phi) is 64.1. The molecule has 0 aromatic heterocycles. The van der Waals surface area contributed by atoms with Gasteiger partial charge in [0.1, 0.15) is 13.2 Å². The summed E-state index contributed by atoms with van der Waals surface area (Å²) >= 11 is 0. The minimum absolute atomic E-state index is 0.147. The number of esters is 2. The molecule has 0 aromatic carbocycles. The number of carbonyl (C=O) groups excluding carboxylic acids is 3. The van der Waals surface area contributed by atoms with Crippen LogP contribution in [-0.4, -0.2) is 82.3 Å². The number of hydrogen-bond acceptors (Lipinski definition) is 8. The van der Waals surface area contributed by atoms with Crippen molar-refractivity contribution in [1.29, 1.82) is 0 Å². The zero-order chi connectivity index (χ0) is 61.9. The molecule has 2 unspecified atom stereocenters. The number of ether oxygens (including phenoxy) is 4. The summed E-state index contributed by atoms with van der Waals surface area (Å²) in [7, 11) is 5.94. The summed E-state index contributed by atoms with van der Waals surface area (Å²) < 4.78 is 22.8. The fourth-order valence-corrected chi connectivity index (χ4v) is 10.4. The lowest BCUT2D eigenvalue weighted by atomic mass is 10.0. The van der Waals surface area contributed by atoms with Crippen molar-refractivity contribution in [2.24, 2.45) is 0 Å². The quantitative estimate of drug-likeness (QED) is 0.0195. The molecule has 494 valence electrons. The van der Waals surface area contributed by atoms with Crippen molar-refractivity contribution in [2.45, 2.75) is 347 Å². The number of likely N-dealkylation sites (N-methyl/N-ethyl adjacent to an activating group) is 1. The van der Waals surface area contributed by atoms with Gasteiger partial charge in [0, 0.05) is 12.8 Å². The van der Waals surface area contributed by atoms with Crippen LogP contribution in [0.4, 0.5) is 0 Å². The van der Waals surface area contributed by atoms with Gasteiger partial charge in [-0.2, -0.15) is 0 Å². The van der Waals surface area contributed by atoms with Crippen LogP contribution in [0.5, 0.6) is 0 Å². The highest BCUT2D eigenvalue weighted by molar-refractivity contribution is 5.70. The molecule has 0 saturated carbocycles. The SMILES string of the molecule is CCCCCCC/C=C\C/C=C\C/C=C\CCCCCCCCCCCCCCCCCCC(=O)OC(COC(=O)CCCCCCCCCCCCCCCC/C=C\C/C=C\C/C=C\CCCCCCC)COC(OCC[N+](C)(C)C)C(=O)[O-]. The largest absolute Gasteiger partial charge is 0.545 e. The van der Waals surface area contributed by atoms with Crippen molar-refractivity contribution < 1.29 is 42.9 Å². The van der Waals surface area contributed by atoms with Crippen molar-refractivity contribution in [1.82, 2.24) is 0 Å². The van der Waals surface area contributed by atoms with Gasteiger partial charge in [-0.25, -0.2) is 0 Å². The Bertz CT molecular complexity index is 1620. The van der Waals surface area contributed by atoms with Crippen LogP contribution < -0.4 is 5.11 Å². The number of aliphatic carboxylic acids is 1. The Labute approximate surface area is 526 Å². The van der Waals surface area contributed by atoms with E-state index < -0.39 is 24.3 Å². The number of rotatable bonds is 67. The lowest BCUT2D eigenvalue weighted by Crippen LogP contribution is -2.44. The van der Waals surface area contributed by atoms with Gasteiger partial charge in [0.15, 0.2) is 12.4 Å². The van der Waals surface area contributed by atoms with Gasteiger partial charge in [-0.1, -0.05) is 305 Å². The van der Waals surface area contributed by atoms with E-state index in [0.717, 1.165) is 57.8 Å². The first-order chi connectivity index (χ1) is 41.6. The number of allylic oxidation sites excluding steroid dienone is 12. The molecule has 0 rings (SSSR count). The Morgan fingerprint density at radius 2 is 0.635 bits per heavy atom. The van der Waals surface area contributed by atoms with Gasteiger partial charge in [0.25, 0.3) is 0 Å². The van der Waals surface area contributed by atoms with E-state index in [0.29, 0.717) is 23.9 Å². The van der Waals surface area contributed by atoms with Crippen LogP contribution in [0.1, 0.15) is 335 Å². The topological polar surface area (TPSA) is 111 Å². The number of carboxylic acids is 1. The minimum atomic E-state index is -1.62. The summed E-state index contributed by atoms with van der Waals surface area (Å²) in [4.78, 5) is 37.5. The van der Waals surface area contributed by atoms with Crippen LogP contribution in [0.2, 0.25) is 0 Å². The van der Waals surface area contributed by atoms with Crippen molar-refractivity contribution in [3.8, 4) is 0 Å². The van der Waals surface area contributed by atoms with Crippen LogP contribution in [0.25, 0.3) is 0 Å². The Morgan fingerprint density at radius 3 is 0.941 bits per heavy atom. The third-order valence-electron chi connectivity index (χ3n) is 15.9. The Hall–Kier alpha value is -3.27. The highest BCUT2D eigenvalue weighted by Crippen LogP contribution is 2.18. The Balaban J connectivity index is 4.09. The molecular formula is C76H137NO8. The molecule has 0 radical (unpaired) electrons. The van der Waals surface area contributed by atoms with Crippen LogP contribution in [0.15, 0.2) is 72.9 Å². The lowest BCUT2D eigenvalue weighted by molar-refractivity contribution is -0.870. The summed E-state index contributed by atoms with van der Waals surface area (Å²) in [5, 5.41) is 11.8. The standard InChI is InChI=1S/C76H137NO8/c1-6-8-10-12-14-16-18-20-22-24-26-28-30-32-34-36-37-39-41-43-45-47-49-51-53-55-57-59-61-63-65-67-74(79)85-72(71-84-76(75(80)81)82-69-68-77(3,4)5)70-83-73(78)66-64-62-60-58-56-54-52-50-48-46-44-42-40-38-35-33-31-29-27-25-23-21-19-17-15-13-11-9-7-2/h18-21,24-27,30-33,72,76H,6-17,22-23,28-29,34-71H2,1-5H3/b20-18-,21-19-,26-24-,27-25-,32-30-,33-31-. The van der Waals surface area contributed by atoms with Gasteiger partial charge < -0.3 is 33.3 Å². The molecule has 0 spiro atoms. The van der Waals surface area contributed by atoms with Gasteiger partial charge in [0.05, 0.1) is 40.3 Å². The zero-order valence-corrected chi connectivity index (χ0v) is 56.5. The normalized spacial score (nSPS) is 13.1. The molecule has 2 atom stereocenters. The molecule has 0 aliphatic rings. The smallest absolute Gasteiger partial charge is 0.306 e. The second-order valence-corrected chi connectivity index (χ2v) is 25.5. The fraction of sp³-hybridized carbons (Fsp3) is 0.803. The molecule has 0 aliphatic carbocycles. The summed E-state index contributed by atoms with van der Waals surface area (Å²) in [6, 6.07) is 0. The van der Waals surface area contributed by atoms with E-state index >= 15 is 0 Å². The second-order valence-electron chi connectivity index (χ2n) is 25.5. The summed E-state index contributed by atoms with van der Waals surface area (Å²) in [5.41, 5.74) is 0. The van der Waals surface area contributed by atoms with Crippen molar-refractivity contribution in [2.75, 3.05) is 47.5 Å². The van der Waals surface area contributed by atoms with Crippen LogP contribution >= 0.6 is 0 Å². The van der Waals surface area contributed by atoms with Crippen LogP contribution in [-0.2, 0) is 33.3 Å². The van der Waals surface area contributed by atoms with Gasteiger partial charge in [0.2, 0.25) is 0 Å². The Morgan fingerprint density at radius 1 is 0.353 bits per heavy atom. The molecule has 0 fully saturated rings. The molecule has 0 heterocycles. The molecule has 0 aliphatic heterocycles. The number of nitrogens with zero attached hydrogens (tertiary/aromatic N) is 1. The van der Waals surface area contributed by atoms with E-state index in [1.807, 2.05) is 21.1 Å². The molecule has 9 nitrogen and oxygen atoms in total. The predicted octanol–water partition coefficient (Wildman–Crippen LogP) is 21.1. The lowest BCUT2D eigenvalue weighted by Gasteiger charge is -2.26. The minimum Gasteiger partial charge on any atom is -0.545 e. The molecule has 85 heavy (non-hydrogen) atoms. The third kappa shape index (κ3) is 68.1. The van der Waals surface area contributed by atoms with E-state index in [1.54, 1.807) is 0 Å². The molecule has 0 amide bonds. The number of quaternary nitrogens is 1. The molecule has 0 bridgehead atoms. The maximum atomic E-state index is 12.9. The third-order valence-corrected chi connectivity index (χ3v) is 15.9. The molecule has 0 saturated heterocycles. The molecule has 9 heteroatoms. The average Bonchev–Trinajstić information content (AvgIpc) is 3.49. The van der Waals surface area contributed by atoms with Gasteiger partial charge in [-0.05, 0) is 89.9 Å². The van der Waals surface area contributed by atoms with Gasteiger partial charge in [-0.3, -0.25) is 9.59 Å². The fourth-order valence-electron chi connectivity index (χ4n) is 10.4. The highest BCUT2D eigenvalue weighted by atomic mass is 16.7. The predicted molar refractivity (Wildman–Crippen MR) is 361 cm³/mol. The first-order valence-electron chi connectivity index (χ1n) is 36.1. The van der Waals surface area contributed by atoms with Crippen molar-refractivity contribution >= 4 is 17.9 Å². The number of carbonyl (C=O) groups is 3. The molecular weight excluding hydrogens is 1050 g/mol. The summed E-state index contributed by atoms with van der Waals surface area (Å²) in [5.74, 6) is -2.27. The van der Waals surface area contributed by atoms with Crippen molar-refractivity contribution in [3.63, 3.8) is 0 Å². The van der Waals surface area contributed by atoms with Crippen molar-refractivity contribution in [3.05, 3.63) is 72.9 Å². The summed E-state index contributed by atoms with van der Waals surface area (Å²) in [6.07, 6.45) is 85.5. The first kappa shape index (κ1) is 81.7. The average molecular weight is 1190 g/mol. The van der Waals surface area contributed by atoms with E-state index in [4.69, 9.17) is 18.9 Å². The second kappa shape index (κ2) is 66.7. The van der Waals surface area contributed by atoms with E-state index in [2.05, 4.69) is 86.8 Å². The monoisotopic (exact) mass is 1190 g/mol. The van der Waals surface area contributed by atoms with Crippen LogP contribution in [0.3, 0.4) is 0 Å². The van der Waals surface area contributed by atoms with E-state index in [9.17, 15) is 19.5 Å². The number of hydrogen-bond donors (Lipinski definition) is 0. The number of carboxylic acid groups (broad SMARTS) is 1. The maximum Gasteiger partial charge on any atom is 0.306 e.